The number of nitrogens with two attached hydrogens (primary N) is 2. The number of aryl methyl sites for hydroxylation is 1. The summed E-state index contributed by atoms with van der Waals surface area (Å²) in [6, 6.07) is 0.807. The van der Waals surface area contributed by atoms with E-state index in [4.69, 9.17) is 4.79 Å². The molecule has 4 N–H and O–H groups in total. The van der Waals surface area contributed by atoms with Crippen LogP contribution in [0.2, 0.25) is 0 Å². The van der Waals surface area contributed by atoms with E-state index >= 15 is 0 Å². The molecule has 0 atom stereocenters. The molecule has 0 fully saturated rings. The highest BCUT2D eigenvalue weighted by Crippen LogP contribution is 2.06. The lowest BCUT2D eigenvalue weighted by Crippen LogP contribution is -2.18. The Hall–Kier alpha value is -1.30. The average Bonchev–Trinajstić information content (AvgIpc) is 2.69. The number of carbonyl (C=O) groups is 1. The Morgan fingerprint density at radius 2 is 1.78 bits per heavy atom. The van der Waals surface area contributed by atoms with Gasteiger partial charge in [-0.15, -0.1) is 0 Å². The van der Waals surface area contributed by atoms with Gasteiger partial charge in [0, 0.05) is 18.0 Å². The Kier molecular flexibility index (Phi) is 10.0. The summed E-state index contributed by atoms with van der Waals surface area (Å²) in [5.41, 5.74) is 8.66. The second-order valence-electron chi connectivity index (χ2n) is 4.02. The lowest BCUT2D eigenvalue weighted by atomic mass is 10.1. The first-order valence-corrected chi connectivity index (χ1v) is 7.11. The van der Waals surface area contributed by atoms with Crippen molar-refractivity contribution in [2.45, 2.75) is 52.0 Å². The standard InChI is InChI=1S/C11H19NOS.CH4N2O/c1-2-3-4-5-6-7-9-12-11(13)8-10-14-12;2-1(3)4/h8,10H,2-7,9H2,1H3;(H4,2,3,4). The molecular formula is C12H23N3O2S. The summed E-state index contributed by atoms with van der Waals surface area (Å²) in [6.07, 6.45) is 7.70. The fraction of sp³-hybridized carbons (Fsp3) is 0.667. The maximum atomic E-state index is 11.2. The number of aromatic nitrogens is 1. The smallest absolute Gasteiger partial charge is 0.309 e. The quantitative estimate of drug-likeness (QED) is 0.746. The largest absolute Gasteiger partial charge is 0.352 e. The molecule has 0 aliphatic carbocycles. The van der Waals surface area contributed by atoms with E-state index in [1.807, 2.05) is 9.34 Å². The molecule has 0 radical (unpaired) electrons. The number of hydrogen-bond acceptors (Lipinski definition) is 3. The molecule has 104 valence electrons. The lowest BCUT2D eigenvalue weighted by molar-refractivity contribution is 0.256. The molecule has 1 aromatic heterocycles. The predicted molar refractivity (Wildman–Crippen MR) is 75.7 cm³/mol. The zero-order valence-corrected chi connectivity index (χ0v) is 11.7. The molecule has 0 spiro atoms. The van der Waals surface area contributed by atoms with Crippen LogP contribution in [0.25, 0.3) is 0 Å². The zero-order chi connectivity index (χ0) is 13.8. The molecule has 2 amide bonds. The molecule has 0 aromatic carbocycles. The Balaban J connectivity index is 0.000000631. The minimum Gasteiger partial charge on any atom is -0.352 e. The summed E-state index contributed by atoms with van der Waals surface area (Å²) in [4.78, 5) is 20.2. The van der Waals surface area contributed by atoms with Crippen LogP contribution in [0.5, 0.6) is 0 Å². The van der Waals surface area contributed by atoms with Crippen LogP contribution in [-0.4, -0.2) is 9.99 Å². The van der Waals surface area contributed by atoms with E-state index in [1.54, 1.807) is 6.07 Å². The van der Waals surface area contributed by atoms with Crippen molar-refractivity contribution < 1.29 is 4.79 Å². The van der Waals surface area contributed by atoms with Crippen molar-refractivity contribution in [2.24, 2.45) is 11.5 Å². The van der Waals surface area contributed by atoms with Crippen LogP contribution in [0.15, 0.2) is 16.2 Å². The molecule has 0 unspecified atom stereocenters. The van der Waals surface area contributed by atoms with Gasteiger partial charge in [0.2, 0.25) is 0 Å². The van der Waals surface area contributed by atoms with Crippen LogP contribution in [0, 0.1) is 0 Å². The van der Waals surface area contributed by atoms with E-state index < -0.39 is 6.03 Å². The van der Waals surface area contributed by atoms with Gasteiger partial charge in [-0.1, -0.05) is 50.6 Å². The molecule has 1 rings (SSSR count). The van der Waals surface area contributed by atoms with Crippen molar-refractivity contribution in [2.75, 3.05) is 0 Å². The number of primary amides is 2. The van der Waals surface area contributed by atoms with Crippen molar-refractivity contribution in [3.05, 3.63) is 21.8 Å². The maximum Gasteiger partial charge on any atom is 0.309 e. The van der Waals surface area contributed by atoms with Crippen molar-refractivity contribution in [3.8, 4) is 0 Å². The van der Waals surface area contributed by atoms with Crippen LogP contribution in [0.1, 0.15) is 45.4 Å². The molecular weight excluding hydrogens is 250 g/mol. The molecule has 5 nitrogen and oxygen atoms in total. The minimum atomic E-state index is -0.833. The summed E-state index contributed by atoms with van der Waals surface area (Å²) >= 11 is 1.52. The third-order valence-corrected chi connectivity index (χ3v) is 3.23. The van der Waals surface area contributed by atoms with Crippen molar-refractivity contribution in [3.63, 3.8) is 0 Å². The number of rotatable bonds is 7. The Morgan fingerprint density at radius 3 is 2.28 bits per heavy atom. The van der Waals surface area contributed by atoms with Crippen LogP contribution >= 0.6 is 11.5 Å². The topological polar surface area (TPSA) is 91.1 Å². The molecule has 18 heavy (non-hydrogen) atoms. The van der Waals surface area contributed by atoms with Gasteiger partial charge in [-0.25, -0.2) is 4.79 Å². The van der Waals surface area contributed by atoms with Gasteiger partial charge in [-0.2, -0.15) is 0 Å². The van der Waals surface area contributed by atoms with Gasteiger partial charge in [-0.3, -0.25) is 8.75 Å². The second-order valence-corrected chi connectivity index (χ2v) is 4.94. The highest BCUT2D eigenvalue weighted by Gasteiger charge is 1.95. The molecule has 6 heteroatoms. The predicted octanol–water partition coefficient (Wildman–Crippen LogP) is 2.29. The van der Waals surface area contributed by atoms with Gasteiger partial charge in [0.1, 0.15) is 0 Å². The first kappa shape index (κ1) is 16.7. The van der Waals surface area contributed by atoms with Crippen LogP contribution < -0.4 is 17.0 Å². The number of nitrogens with zero attached hydrogens (tertiary/aromatic N) is 1. The first-order chi connectivity index (χ1) is 8.57. The highest BCUT2D eigenvalue weighted by molar-refractivity contribution is 7.04. The van der Waals surface area contributed by atoms with Gasteiger partial charge in [0.15, 0.2) is 0 Å². The minimum absolute atomic E-state index is 0.156. The molecule has 0 aliphatic rings. The monoisotopic (exact) mass is 273 g/mol. The van der Waals surface area contributed by atoms with Crippen molar-refractivity contribution in [1.82, 2.24) is 3.96 Å². The van der Waals surface area contributed by atoms with E-state index in [0.717, 1.165) is 13.0 Å². The summed E-state index contributed by atoms with van der Waals surface area (Å²) in [5.74, 6) is 0. The number of carbonyl (C=O) groups excluding carboxylic acids is 1. The molecule has 0 bridgehead atoms. The van der Waals surface area contributed by atoms with Crippen molar-refractivity contribution in [1.29, 1.82) is 0 Å². The second kappa shape index (κ2) is 10.8. The Labute approximate surface area is 112 Å². The van der Waals surface area contributed by atoms with Gasteiger partial charge in [0.05, 0.1) is 0 Å². The third kappa shape index (κ3) is 9.89. The maximum absolute atomic E-state index is 11.2. The van der Waals surface area contributed by atoms with Crippen LogP contribution in [0.4, 0.5) is 4.79 Å². The fourth-order valence-corrected chi connectivity index (χ4v) is 2.22. The fourth-order valence-electron chi connectivity index (χ4n) is 1.50. The molecule has 1 aromatic rings. The highest BCUT2D eigenvalue weighted by atomic mass is 32.1. The van der Waals surface area contributed by atoms with Crippen LogP contribution in [-0.2, 0) is 6.54 Å². The number of hydrogen-bond donors (Lipinski definition) is 2. The molecule has 0 saturated heterocycles. The van der Waals surface area contributed by atoms with Gasteiger partial charge in [-0.05, 0) is 6.42 Å². The van der Waals surface area contributed by atoms with E-state index in [-0.39, 0.29) is 5.56 Å². The first-order valence-electron chi connectivity index (χ1n) is 6.27. The lowest BCUT2D eigenvalue weighted by Gasteiger charge is -2.00. The SMILES string of the molecule is CCCCCCCCn1sccc1=O.NC(N)=O. The van der Waals surface area contributed by atoms with E-state index in [1.165, 1.54) is 43.6 Å². The van der Waals surface area contributed by atoms with Gasteiger partial charge in [0.25, 0.3) is 5.56 Å². The van der Waals surface area contributed by atoms with Crippen LogP contribution in [0.3, 0.4) is 0 Å². The summed E-state index contributed by atoms with van der Waals surface area (Å²) in [5, 5.41) is 1.86. The number of unbranched alkanes of at least 4 members (excludes halogenated alkanes) is 5. The Bertz CT molecular complexity index is 369. The summed E-state index contributed by atoms with van der Waals surface area (Å²) in [7, 11) is 0. The molecule has 0 aliphatic heterocycles. The van der Waals surface area contributed by atoms with E-state index in [2.05, 4.69) is 18.4 Å². The normalized spacial score (nSPS) is 9.61. The van der Waals surface area contributed by atoms with E-state index in [9.17, 15) is 4.79 Å². The third-order valence-electron chi connectivity index (χ3n) is 2.36. The number of urea groups is 1. The van der Waals surface area contributed by atoms with Gasteiger partial charge >= 0.3 is 6.03 Å². The van der Waals surface area contributed by atoms with Gasteiger partial charge < -0.3 is 11.5 Å². The molecule has 1 heterocycles. The number of amides is 2. The summed E-state index contributed by atoms with van der Waals surface area (Å²) in [6.45, 7) is 3.13. The average molecular weight is 273 g/mol. The summed E-state index contributed by atoms with van der Waals surface area (Å²) < 4.78 is 1.83. The molecule has 0 saturated carbocycles. The Morgan fingerprint density at radius 1 is 1.22 bits per heavy atom. The van der Waals surface area contributed by atoms with E-state index in [0.29, 0.717) is 0 Å². The van der Waals surface area contributed by atoms with Crippen molar-refractivity contribution >= 4 is 17.6 Å². The zero-order valence-electron chi connectivity index (χ0n) is 10.9.